The van der Waals surface area contributed by atoms with Crippen LogP contribution in [0.15, 0.2) is 47.5 Å². The van der Waals surface area contributed by atoms with Gasteiger partial charge in [0.05, 0.1) is 33.6 Å². The lowest BCUT2D eigenvalue weighted by atomic mass is 10.1. The van der Waals surface area contributed by atoms with Crippen molar-refractivity contribution in [3.05, 3.63) is 68.7 Å². The smallest absolute Gasteiger partial charge is 0.160 e. The van der Waals surface area contributed by atoms with Crippen LogP contribution in [0.3, 0.4) is 0 Å². The SMILES string of the molecule is O=S1(=O)CC2N=C(SCc3ccc(Cl)c(Cl)c3)N(Cc3ccc(Cl)cc3)C2C1. The molecule has 0 aromatic heterocycles. The van der Waals surface area contributed by atoms with Crippen LogP contribution in [-0.2, 0) is 22.1 Å². The normalized spacial score (nSPS) is 23.0. The molecule has 2 aliphatic heterocycles. The molecule has 2 aliphatic rings. The molecule has 9 heteroatoms. The first-order chi connectivity index (χ1) is 13.3. The lowest BCUT2D eigenvalue weighted by Gasteiger charge is -2.26. The molecule has 1 fully saturated rings. The summed E-state index contributed by atoms with van der Waals surface area (Å²) in [6, 6.07) is 12.9. The number of thioether (sulfide) groups is 1. The number of hydrogen-bond acceptors (Lipinski definition) is 5. The molecule has 0 amide bonds. The average Bonchev–Trinajstić information content (AvgIpc) is 3.10. The van der Waals surface area contributed by atoms with E-state index in [1.807, 2.05) is 36.4 Å². The third-order valence-electron chi connectivity index (χ3n) is 4.83. The van der Waals surface area contributed by atoms with E-state index in [-0.39, 0.29) is 23.6 Å². The average molecular weight is 476 g/mol. The Balaban J connectivity index is 1.54. The van der Waals surface area contributed by atoms with Crippen molar-refractivity contribution in [2.45, 2.75) is 24.4 Å². The van der Waals surface area contributed by atoms with Crippen molar-refractivity contribution in [3.63, 3.8) is 0 Å². The number of fused-ring (bicyclic) bond motifs is 1. The fourth-order valence-corrected chi connectivity index (χ4v) is 6.83. The van der Waals surface area contributed by atoms with Gasteiger partial charge < -0.3 is 4.90 Å². The maximum absolute atomic E-state index is 12.1. The summed E-state index contributed by atoms with van der Waals surface area (Å²) in [5, 5.41) is 2.59. The number of hydrogen-bond donors (Lipinski definition) is 0. The Labute approximate surface area is 183 Å². The third-order valence-corrected chi connectivity index (χ3v) is 8.60. The Kier molecular flexibility index (Phi) is 5.87. The van der Waals surface area contributed by atoms with Gasteiger partial charge in [-0.25, -0.2) is 8.42 Å². The van der Waals surface area contributed by atoms with Gasteiger partial charge in [0, 0.05) is 17.3 Å². The van der Waals surface area contributed by atoms with Crippen LogP contribution in [0.5, 0.6) is 0 Å². The van der Waals surface area contributed by atoms with E-state index in [0.29, 0.717) is 27.4 Å². The van der Waals surface area contributed by atoms with Crippen molar-refractivity contribution in [2.24, 2.45) is 4.99 Å². The van der Waals surface area contributed by atoms with Gasteiger partial charge in [-0.3, -0.25) is 4.99 Å². The number of amidine groups is 1. The monoisotopic (exact) mass is 474 g/mol. The minimum absolute atomic E-state index is 0.114. The molecule has 0 saturated carbocycles. The lowest BCUT2D eigenvalue weighted by molar-refractivity contribution is 0.343. The number of nitrogens with zero attached hydrogens (tertiary/aromatic N) is 2. The van der Waals surface area contributed by atoms with Crippen molar-refractivity contribution < 1.29 is 8.42 Å². The molecule has 0 bridgehead atoms. The molecular formula is C19H17Cl3N2O2S2. The van der Waals surface area contributed by atoms with Crippen LogP contribution in [0.2, 0.25) is 15.1 Å². The molecular weight excluding hydrogens is 459 g/mol. The van der Waals surface area contributed by atoms with Crippen LogP contribution < -0.4 is 0 Å². The summed E-state index contributed by atoms with van der Waals surface area (Å²) in [5.74, 6) is 0.941. The largest absolute Gasteiger partial charge is 0.341 e. The van der Waals surface area contributed by atoms with Gasteiger partial charge in [-0.2, -0.15) is 0 Å². The van der Waals surface area contributed by atoms with Crippen LogP contribution in [-0.4, -0.2) is 42.1 Å². The van der Waals surface area contributed by atoms with Crippen molar-refractivity contribution >= 4 is 61.6 Å². The summed E-state index contributed by atoms with van der Waals surface area (Å²) in [5.41, 5.74) is 2.11. The molecule has 0 aliphatic carbocycles. The van der Waals surface area contributed by atoms with Crippen molar-refractivity contribution in [2.75, 3.05) is 11.5 Å². The van der Waals surface area contributed by atoms with Gasteiger partial charge in [-0.15, -0.1) is 0 Å². The number of benzene rings is 2. The zero-order chi connectivity index (χ0) is 19.9. The minimum Gasteiger partial charge on any atom is -0.341 e. The Hall–Kier alpha value is -0.920. The Morgan fingerprint density at radius 2 is 1.71 bits per heavy atom. The lowest BCUT2D eigenvalue weighted by Crippen LogP contribution is -2.38. The first kappa shape index (κ1) is 20.4. The second-order valence-electron chi connectivity index (χ2n) is 6.91. The van der Waals surface area contributed by atoms with E-state index >= 15 is 0 Å². The van der Waals surface area contributed by atoms with Crippen LogP contribution >= 0.6 is 46.6 Å². The van der Waals surface area contributed by atoms with Crippen molar-refractivity contribution in [1.82, 2.24) is 4.90 Å². The number of halogens is 3. The molecule has 2 atom stereocenters. The number of aliphatic imine (C=N–C) groups is 1. The summed E-state index contributed by atoms with van der Waals surface area (Å²) in [6.07, 6.45) is 0. The topological polar surface area (TPSA) is 49.7 Å². The Bertz CT molecular complexity index is 1030. The molecule has 4 rings (SSSR count). The van der Waals surface area contributed by atoms with Crippen LogP contribution in [0.25, 0.3) is 0 Å². The molecule has 2 unspecified atom stereocenters. The van der Waals surface area contributed by atoms with Crippen LogP contribution in [0.4, 0.5) is 0 Å². The second-order valence-corrected chi connectivity index (χ2v) is 11.3. The molecule has 2 aromatic rings. The highest BCUT2D eigenvalue weighted by Crippen LogP contribution is 2.34. The predicted octanol–water partition coefficient (Wildman–Crippen LogP) is 4.92. The van der Waals surface area contributed by atoms with Crippen LogP contribution in [0.1, 0.15) is 11.1 Å². The summed E-state index contributed by atoms with van der Waals surface area (Å²) in [7, 11) is -3.05. The quantitative estimate of drug-likeness (QED) is 0.630. The summed E-state index contributed by atoms with van der Waals surface area (Å²) in [6.45, 7) is 0.598. The Morgan fingerprint density at radius 1 is 1.00 bits per heavy atom. The summed E-state index contributed by atoms with van der Waals surface area (Å²) >= 11 is 19.7. The van der Waals surface area contributed by atoms with Gasteiger partial charge in [0.2, 0.25) is 0 Å². The van der Waals surface area contributed by atoms with Gasteiger partial charge >= 0.3 is 0 Å². The molecule has 148 valence electrons. The highest BCUT2D eigenvalue weighted by molar-refractivity contribution is 8.13. The van der Waals surface area contributed by atoms with E-state index in [0.717, 1.165) is 16.3 Å². The van der Waals surface area contributed by atoms with Crippen molar-refractivity contribution in [1.29, 1.82) is 0 Å². The standard InChI is InChI=1S/C19H17Cl3N2O2S2/c20-14-4-1-12(2-5-14)8-24-18-11-28(25,26)10-17(18)23-19(24)27-9-13-3-6-15(21)16(22)7-13/h1-7,17-18H,8-11H2. The highest BCUT2D eigenvalue weighted by atomic mass is 35.5. The first-order valence-electron chi connectivity index (χ1n) is 8.67. The van der Waals surface area contributed by atoms with E-state index in [9.17, 15) is 8.42 Å². The highest BCUT2D eigenvalue weighted by Gasteiger charge is 2.46. The molecule has 28 heavy (non-hydrogen) atoms. The summed E-state index contributed by atoms with van der Waals surface area (Å²) < 4.78 is 24.2. The Morgan fingerprint density at radius 3 is 2.43 bits per heavy atom. The third kappa shape index (κ3) is 4.46. The zero-order valence-electron chi connectivity index (χ0n) is 14.7. The van der Waals surface area contributed by atoms with Gasteiger partial charge in [0.15, 0.2) is 15.0 Å². The van der Waals surface area contributed by atoms with E-state index < -0.39 is 9.84 Å². The molecule has 0 spiro atoms. The van der Waals surface area contributed by atoms with E-state index in [4.69, 9.17) is 39.8 Å². The van der Waals surface area contributed by atoms with Gasteiger partial charge in [-0.05, 0) is 35.4 Å². The first-order valence-corrected chi connectivity index (χ1v) is 12.6. The minimum atomic E-state index is -3.05. The van der Waals surface area contributed by atoms with Gasteiger partial charge in [0.1, 0.15) is 0 Å². The second kappa shape index (κ2) is 8.07. The molecule has 1 saturated heterocycles. The maximum Gasteiger partial charge on any atom is 0.160 e. The number of rotatable bonds is 4. The zero-order valence-corrected chi connectivity index (χ0v) is 18.6. The predicted molar refractivity (Wildman–Crippen MR) is 118 cm³/mol. The van der Waals surface area contributed by atoms with Crippen molar-refractivity contribution in [3.8, 4) is 0 Å². The molecule has 0 N–H and O–H groups in total. The van der Waals surface area contributed by atoms with E-state index in [1.165, 1.54) is 0 Å². The van der Waals surface area contributed by atoms with Gasteiger partial charge in [0.25, 0.3) is 0 Å². The molecule has 2 heterocycles. The fraction of sp³-hybridized carbons (Fsp3) is 0.316. The van der Waals surface area contributed by atoms with Crippen LogP contribution in [0, 0.1) is 0 Å². The van der Waals surface area contributed by atoms with E-state index in [2.05, 4.69) is 4.90 Å². The fourth-order valence-electron chi connectivity index (χ4n) is 3.46. The summed E-state index contributed by atoms with van der Waals surface area (Å²) in [4.78, 5) is 6.85. The van der Waals surface area contributed by atoms with Gasteiger partial charge in [-0.1, -0.05) is 64.8 Å². The molecule has 2 aromatic carbocycles. The van der Waals surface area contributed by atoms with E-state index in [1.54, 1.807) is 17.8 Å². The number of sulfone groups is 1. The maximum atomic E-state index is 12.1. The molecule has 4 nitrogen and oxygen atoms in total. The molecule has 0 radical (unpaired) electrons.